The maximum atomic E-state index is 12.4. The van der Waals surface area contributed by atoms with Crippen LogP contribution in [0, 0.1) is 6.92 Å². The molecule has 2 aromatic rings. The second-order valence-electron chi connectivity index (χ2n) is 4.78. The van der Waals surface area contributed by atoms with Crippen molar-refractivity contribution < 1.29 is 8.42 Å². The molecule has 0 aliphatic heterocycles. The zero-order valence-corrected chi connectivity index (χ0v) is 14.3. The van der Waals surface area contributed by atoms with Gasteiger partial charge in [0, 0.05) is 29.5 Å². The number of nitrogens with two attached hydrogens (primary N) is 1. The third kappa shape index (κ3) is 3.66. The van der Waals surface area contributed by atoms with E-state index in [0.717, 1.165) is 15.7 Å². The van der Waals surface area contributed by atoms with Gasteiger partial charge in [0.25, 0.3) is 10.0 Å². The summed E-state index contributed by atoms with van der Waals surface area (Å²) in [5.74, 6) is 0. The van der Waals surface area contributed by atoms with Gasteiger partial charge >= 0.3 is 0 Å². The van der Waals surface area contributed by atoms with Gasteiger partial charge in [0.2, 0.25) is 0 Å². The number of hydrogen-bond donors (Lipinski definition) is 2. The summed E-state index contributed by atoms with van der Waals surface area (Å²) in [7, 11) is -3.62. The van der Waals surface area contributed by atoms with Crippen LogP contribution in [0.1, 0.15) is 18.2 Å². The fourth-order valence-corrected chi connectivity index (χ4v) is 3.86. The van der Waals surface area contributed by atoms with E-state index in [1.54, 1.807) is 24.4 Å². The molecule has 2 rings (SSSR count). The first-order valence-electron chi connectivity index (χ1n) is 6.55. The Morgan fingerprint density at radius 3 is 2.52 bits per heavy atom. The average molecular weight is 372 g/mol. The number of halogens is 1. The zero-order valence-electron chi connectivity index (χ0n) is 11.9. The highest BCUT2D eigenvalue weighted by Crippen LogP contribution is 2.23. The Bertz CT molecular complexity index is 712. The molecule has 0 unspecified atom stereocenters. The zero-order chi connectivity index (χ0) is 15.6. The van der Waals surface area contributed by atoms with E-state index in [1.807, 2.05) is 24.5 Å². The van der Waals surface area contributed by atoms with Crippen LogP contribution in [0.5, 0.6) is 0 Å². The highest BCUT2D eigenvalue weighted by atomic mass is 79.9. The Morgan fingerprint density at radius 2 is 2.00 bits per heavy atom. The summed E-state index contributed by atoms with van der Waals surface area (Å²) in [6.45, 7) is 4.83. The highest BCUT2D eigenvalue weighted by molar-refractivity contribution is 9.10. The molecule has 114 valence electrons. The molecule has 1 heterocycles. The lowest BCUT2D eigenvalue weighted by Gasteiger charge is -2.08. The van der Waals surface area contributed by atoms with E-state index in [2.05, 4.69) is 20.7 Å². The molecule has 21 heavy (non-hydrogen) atoms. The van der Waals surface area contributed by atoms with Crippen molar-refractivity contribution in [1.29, 1.82) is 0 Å². The minimum Gasteiger partial charge on any atom is -0.349 e. The van der Waals surface area contributed by atoms with Crippen molar-refractivity contribution in [1.82, 2.24) is 4.57 Å². The molecule has 0 bridgehead atoms. The van der Waals surface area contributed by atoms with Crippen molar-refractivity contribution in [3.63, 3.8) is 0 Å². The first-order valence-corrected chi connectivity index (χ1v) is 8.82. The number of anilines is 1. The number of nitrogens with one attached hydrogen (secondary N) is 1. The van der Waals surface area contributed by atoms with Crippen LogP contribution < -0.4 is 10.5 Å². The predicted molar refractivity (Wildman–Crippen MR) is 87.7 cm³/mol. The SMILES string of the molecule is CCn1cc(S(=O)(=O)Nc2cc(C)cc(Br)c2)cc1CN. The number of benzene rings is 1. The van der Waals surface area contributed by atoms with Crippen LogP contribution in [0.4, 0.5) is 5.69 Å². The molecule has 0 saturated heterocycles. The second-order valence-corrected chi connectivity index (χ2v) is 7.38. The molecular weight excluding hydrogens is 354 g/mol. The minimum absolute atomic E-state index is 0.224. The standard InChI is InChI=1S/C14H18BrN3O2S/c1-3-18-9-14(7-13(18)8-16)21(19,20)17-12-5-10(2)4-11(15)6-12/h4-7,9,17H,3,8,16H2,1-2H3. The molecule has 0 aliphatic carbocycles. The molecule has 3 N–H and O–H groups in total. The van der Waals surface area contributed by atoms with Crippen molar-refractivity contribution in [2.24, 2.45) is 5.73 Å². The molecule has 0 saturated carbocycles. The van der Waals surface area contributed by atoms with E-state index in [4.69, 9.17) is 5.73 Å². The monoisotopic (exact) mass is 371 g/mol. The largest absolute Gasteiger partial charge is 0.349 e. The molecule has 7 heteroatoms. The topological polar surface area (TPSA) is 77.1 Å². The molecule has 1 aromatic heterocycles. The van der Waals surface area contributed by atoms with Gasteiger partial charge in [0.15, 0.2) is 0 Å². The van der Waals surface area contributed by atoms with Gasteiger partial charge in [-0.1, -0.05) is 15.9 Å². The number of nitrogens with zero attached hydrogens (tertiary/aromatic N) is 1. The van der Waals surface area contributed by atoms with Crippen LogP contribution >= 0.6 is 15.9 Å². The first-order chi connectivity index (χ1) is 9.85. The molecule has 0 atom stereocenters. The lowest BCUT2D eigenvalue weighted by atomic mass is 10.2. The lowest BCUT2D eigenvalue weighted by Crippen LogP contribution is -2.12. The number of aryl methyl sites for hydroxylation is 2. The van der Waals surface area contributed by atoms with Crippen molar-refractivity contribution in [2.75, 3.05) is 4.72 Å². The Balaban J connectivity index is 2.35. The van der Waals surface area contributed by atoms with E-state index in [-0.39, 0.29) is 4.90 Å². The smallest absolute Gasteiger partial charge is 0.263 e. The van der Waals surface area contributed by atoms with Crippen LogP contribution in [-0.4, -0.2) is 13.0 Å². The molecule has 0 amide bonds. The molecule has 0 aliphatic rings. The molecule has 0 spiro atoms. The average Bonchev–Trinajstić information content (AvgIpc) is 2.80. The van der Waals surface area contributed by atoms with Crippen molar-refractivity contribution in [3.05, 3.63) is 46.2 Å². The van der Waals surface area contributed by atoms with Gasteiger partial charge in [-0.25, -0.2) is 8.42 Å². The molecular formula is C14H18BrN3O2S. The highest BCUT2D eigenvalue weighted by Gasteiger charge is 2.18. The summed E-state index contributed by atoms with van der Waals surface area (Å²) in [5, 5.41) is 0. The third-order valence-corrected chi connectivity index (χ3v) is 4.92. The van der Waals surface area contributed by atoms with Crippen LogP contribution in [0.15, 0.2) is 39.8 Å². The molecule has 0 fully saturated rings. The van der Waals surface area contributed by atoms with Crippen LogP contribution in [0.3, 0.4) is 0 Å². The van der Waals surface area contributed by atoms with E-state index in [9.17, 15) is 8.42 Å². The lowest BCUT2D eigenvalue weighted by molar-refractivity contribution is 0.600. The molecule has 0 radical (unpaired) electrons. The fourth-order valence-electron chi connectivity index (χ4n) is 2.15. The van der Waals surface area contributed by atoms with Crippen LogP contribution in [0.2, 0.25) is 0 Å². The van der Waals surface area contributed by atoms with Crippen molar-refractivity contribution in [3.8, 4) is 0 Å². The normalized spacial score (nSPS) is 11.6. The van der Waals surface area contributed by atoms with Gasteiger partial charge in [0.05, 0.1) is 5.69 Å². The second kappa shape index (κ2) is 6.21. The van der Waals surface area contributed by atoms with Crippen LogP contribution in [-0.2, 0) is 23.1 Å². The van der Waals surface area contributed by atoms with Crippen LogP contribution in [0.25, 0.3) is 0 Å². The van der Waals surface area contributed by atoms with Gasteiger partial charge in [-0.05, 0) is 43.7 Å². The Labute approximate surface area is 133 Å². The quantitative estimate of drug-likeness (QED) is 0.847. The maximum Gasteiger partial charge on any atom is 0.263 e. The first kappa shape index (κ1) is 16.1. The summed E-state index contributed by atoms with van der Waals surface area (Å²) in [6, 6.07) is 7.03. The summed E-state index contributed by atoms with van der Waals surface area (Å²) >= 11 is 3.36. The van der Waals surface area contributed by atoms with E-state index in [1.165, 1.54) is 0 Å². The number of aromatic nitrogens is 1. The van der Waals surface area contributed by atoms with Gasteiger partial charge in [-0.15, -0.1) is 0 Å². The van der Waals surface area contributed by atoms with Crippen molar-refractivity contribution in [2.45, 2.75) is 31.8 Å². The Hall–Kier alpha value is -1.31. The number of rotatable bonds is 5. The third-order valence-electron chi connectivity index (χ3n) is 3.12. The van der Waals surface area contributed by atoms with E-state index in [0.29, 0.717) is 18.8 Å². The van der Waals surface area contributed by atoms with Crippen molar-refractivity contribution >= 4 is 31.6 Å². The minimum atomic E-state index is -3.62. The Kier molecular flexibility index (Phi) is 4.75. The summed E-state index contributed by atoms with van der Waals surface area (Å²) in [5.41, 5.74) is 7.92. The summed E-state index contributed by atoms with van der Waals surface area (Å²) in [4.78, 5) is 0.224. The van der Waals surface area contributed by atoms with E-state index >= 15 is 0 Å². The number of sulfonamides is 1. The molecule has 1 aromatic carbocycles. The Morgan fingerprint density at radius 1 is 1.29 bits per heavy atom. The van der Waals surface area contributed by atoms with Gasteiger partial charge in [-0.3, -0.25) is 4.72 Å². The van der Waals surface area contributed by atoms with Gasteiger partial charge < -0.3 is 10.3 Å². The maximum absolute atomic E-state index is 12.4. The predicted octanol–water partition coefficient (Wildman–Crippen LogP) is 2.84. The van der Waals surface area contributed by atoms with Gasteiger partial charge in [0.1, 0.15) is 4.90 Å². The molecule has 5 nitrogen and oxygen atoms in total. The number of hydrogen-bond acceptors (Lipinski definition) is 3. The summed E-state index contributed by atoms with van der Waals surface area (Å²) in [6.07, 6.45) is 1.61. The van der Waals surface area contributed by atoms with Gasteiger partial charge in [-0.2, -0.15) is 0 Å². The summed E-state index contributed by atoms with van der Waals surface area (Å²) < 4.78 is 30.1. The van der Waals surface area contributed by atoms with E-state index < -0.39 is 10.0 Å². The fraction of sp³-hybridized carbons (Fsp3) is 0.286.